The van der Waals surface area contributed by atoms with E-state index in [0.29, 0.717) is 29.7 Å². The summed E-state index contributed by atoms with van der Waals surface area (Å²) in [7, 11) is 0. The first-order valence-corrected chi connectivity index (χ1v) is 7.44. The summed E-state index contributed by atoms with van der Waals surface area (Å²) in [6, 6.07) is -0.687. The minimum atomic E-state index is -0.687. The number of aryl methyl sites for hydroxylation is 1. The van der Waals surface area contributed by atoms with Gasteiger partial charge in [-0.3, -0.25) is 24.3 Å². The van der Waals surface area contributed by atoms with E-state index in [-0.39, 0.29) is 17.9 Å². The maximum absolute atomic E-state index is 12.6. The minimum absolute atomic E-state index is 0.220. The summed E-state index contributed by atoms with van der Waals surface area (Å²) in [5.41, 5.74) is 5.98. The summed E-state index contributed by atoms with van der Waals surface area (Å²) in [6.07, 6.45) is 0.532. The van der Waals surface area contributed by atoms with Crippen LogP contribution in [0.5, 0.6) is 0 Å². The second-order valence-corrected chi connectivity index (χ2v) is 5.89. The summed E-state index contributed by atoms with van der Waals surface area (Å²) in [5, 5.41) is 4.45. The molecule has 0 saturated carbocycles. The highest BCUT2D eigenvalue weighted by molar-refractivity contribution is 7.11. The van der Waals surface area contributed by atoms with Crippen molar-refractivity contribution in [2.75, 3.05) is 0 Å². The van der Waals surface area contributed by atoms with Gasteiger partial charge in [-0.05, 0) is 13.3 Å². The topological polar surface area (TPSA) is 107 Å². The van der Waals surface area contributed by atoms with Gasteiger partial charge in [-0.2, -0.15) is 0 Å². The molecule has 7 nitrogen and oxygen atoms in total. The number of carbonyl (C=O) groups is 2. The van der Waals surface area contributed by atoms with E-state index in [2.05, 4.69) is 10.3 Å². The standard InChI is InChI=1S/C13H14N4O3S/c1-6-15-11-7(5-21-9(11)4-14)13(20)17(6)8-2-3-10(18)16-12(8)19/h5,8H,2-4,14H2,1H3,(H,16,18,19). The van der Waals surface area contributed by atoms with E-state index >= 15 is 0 Å². The van der Waals surface area contributed by atoms with Crippen LogP contribution < -0.4 is 16.6 Å². The number of aromatic nitrogens is 2. The average molecular weight is 306 g/mol. The predicted molar refractivity (Wildman–Crippen MR) is 77.9 cm³/mol. The molecule has 0 spiro atoms. The Morgan fingerprint density at radius 2 is 2.24 bits per heavy atom. The second kappa shape index (κ2) is 5.05. The SMILES string of the molecule is Cc1nc2c(CN)scc2c(=O)n1C1CCC(=O)NC1=O. The number of hydrogen-bond donors (Lipinski definition) is 2. The Kier molecular flexibility index (Phi) is 3.34. The van der Waals surface area contributed by atoms with Gasteiger partial charge in [0, 0.05) is 23.2 Å². The van der Waals surface area contributed by atoms with Crippen LogP contribution in [-0.2, 0) is 16.1 Å². The van der Waals surface area contributed by atoms with E-state index in [4.69, 9.17) is 5.73 Å². The maximum Gasteiger partial charge on any atom is 0.262 e. The van der Waals surface area contributed by atoms with Crippen LogP contribution in [0.25, 0.3) is 10.9 Å². The lowest BCUT2D eigenvalue weighted by Crippen LogP contribution is -2.45. The Hall–Kier alpha value is -2.06. The number of piperidine rings is 1. The third-order valence-electron chi connectivity index (χ3n) is 3.62. The Morgan fingerprint density at radius 1 is 1.48 bits per heavy atom. The van der Waals surface area contributed by atoms with Crippen molar-refractivity contribution in [2.24, 2.45) is 5.73 Å². The molecule has 21 heavy (non-hydrogen) atoms. The number of nitrogens with two attached hydrogens (primary N) is 1. The first-order valence-electron chi connectivity index (χ1n) is 6.56. The molecule has 0 bridgehead atoms. The molecule has 3 heterocycles. The minimum Gasteiger partial charge on any atom is -0.326 e. The largest absolute Gasteiger partial charge is 0.326 e. The van der Waals surface area contributed by atoms with Gasteiger partial charge in [0.2, 0.25) is 11.8 Å². The molecule has 0 aliphatic carbocycles. The first kappa shape index (κ1) is 13.9. The van der Waals surface area contributed by atoms with E-state index in [9.17, 15) is 14.4 Å². The number of hydrogen-bond acceptors (Lipinski definition) is 6. The molecule has 0 aromatic carbocycles. The summed E-state index contributed by atoms with van der Waals surface area (Å²) < 4.78 is 1.37. The fourth-order valence-corrected chi connectivity index (χ4v) is 3.43. The van der Waals surface area contributed by atoms with Crippen LogP contribution in [0.1, 0.15) is 29.6 Å². The quantitative estimate of drug-likeness (QED) is 0.771. The highest BCUT2D eigenvalue weighted by Crippen LogP contribution is 2.24. The van der Waals surface area contributed by atoms with Crippen molar-refractivity contribution in [2.45, 2.75) is 32.4 Å². The number of thiophene rings is 1. The first-order chi connectivity index (χ1) is 10.0. The monoisotopic (exact) mass is 306 g/mol. The van der Waals surface area contributed by atoms with Crippen LogP contribution in [-0.4, -0.2) is 21.4 Å². The molecular formula is C13H14N4O3S. The van der Waals surface area contributed by atoms with Gasteiger partial charge in [0.05, 0.1) is 10.9 Å². The van der Waals surface area contributed by atoms with E-state index in [1.54, 1.807) is 12.3 Å². The maximum atomic E-state index is 12.6. The third kappa shape index (κ3) is 2.16. The van der Waals surface area contributed by atoms with Crippen molar-refractivity contribution in [3.63, 3.8) is 0 Å². The van der Waals surface area contributed by atoms with Crippen molar-refractivity contribution >= 4 is 34.1 Å². The molecule has 3 rings (SSSR count). The van der Waals surface area contributed by atoms with Crippen molar-refractivity contribution in [1.82, 2.24) is 14.9 Å². The summed E-state index contributed by atoms with van der Waals surface area (Å²) >= 11 is 1.39. The molecule has 1 atom stereocenters. The molecule has 110 valence electrons. The number of fused-ring (bicyclic) bond motifs is 1. The smallest absolute Gasteiger partial charge is 0.262 e. The molecule has 3 N–H and O–H groups in total. The third-order valence-corrected chi connectivity index (χ3v) is 4.61. The Bertz CT molecular complexity index is 808. The van der Waals surface area contributed by atoms with Gasteiger partial charge in [-0.25, -0.2) is 4.98 Å². The highest BCUT2D eigenvalue weighted by Gasteiger charge is 2.30. The molecular weight excluding hydrogens is 292 g/mol. The molecule has 2 aromatic rings. The molecule has 2 aromatic heterocycles. The zero-order valence-corrected chi connectivity index (χ0v) is 12.2. The Morgan fingerprint density at radius 3 is 2.90 bits per heavy atom. The van der Waals surface area contributed by atoms with E-state index in [0.717, 1.165) is 4.88 Å². The lowest BCUT2D eigenvalue weighted by molar-refractivity contribution is -0.135. The summed E-state index contributed by atoms with van der Waals surface area (Å²) in [6.45, 7) is 2.00. The number of nitrogens with one attached hydrogen (secondary N) is 1. The van der Waals surface area contributed by atoms with Crippen LogP contribution in [0.15, 0.2) is 10.2 Å². The average Bonchev–Trinajstić information content (AvgIpc) is 2.84. The highest BCUT2D eigenvalue weighted by atomic mass is 32.1. The van der Waals surface area contributed by atoms with Crippen LogP contribution >= 0.6 is 11.3 Å². The van der Waals surface area contributed by atoms with Crippen molar-refractivity contribution < 1.29 is 9.59 Å². The molecule has 1 fully saturated rings. The number of amides is 2. The zero-order valence-electron chi connectivity index (χ0n) is 11.4. The van der Waals surface area contributed by atoms with Crippen molar-refractivity contribution in [3.05, 3.63) is 26.4 Å². The molecule has 1 saturated heterocycles. The van der Waals surface area contributed by atoms with Gasteiger partial charge in [0.25, 0.3) is 5.56 Å². The number of nitrogens with zero attached hydrogens (tertiary/aromatic N) is 2. The Balaban J connectivity index is 2.17. The van der Waals surface area contributed by atoms with Gasteiger partial charge >= 0.3 is 0 Å². The van der Waals surface area contributed by atoms with Crippen LogP contribution in [0.3, 0.4) is 0 Å². The molecule has 8 heteroatoms. The van der Waals surface area contributed by atoms with Crippen molar-refractivity contribution in [3.8, 4) is 0 Å². The zero-order chi connectivity index (χ0) is 15.1. The number of rotatable bonds is 2. The summed E-state index contributed by atoms with van der Waals surface area (Å²) in [4.78, 5) is 41.1. The van der Waals surface area contributed by atoms with Crippen molar-refractivity contribution in [1.29, 1.82) is 0 Å². The fraction of sp³-hybridized carbons (Fsp3) is 0.385. The predicted octanol–water partition coefficient (Wildman–Crippen LogP) is 0.203. The molecule has 0 radical (unpaired) electrons. The van der Waals surface area contributed by atoms with Gasteiger partial charge < -0.3 is 5.73 Å². The van der Waals surface area contributed by atoms with Gasteiger partial charge in [-0.15, -0.1) is 11.3 Å². The number of carbonyl (C=O) groups excluding carboxylic acids is 2. The van der Waals surface area contributed by atoms with Crippen LogP contribution in [0.4, 0.5) is 0 Å². The van der Waals surface area contributed by atoms with E-state index in [1.165, 1.54) is 15.9 Å². The second-order valence-electron chi connectivity index (χ2n) is 4.93. The number of imide groups is 1. The fourth-order valence-electron chi connectivity index (χ4n) is 2.60. The van der Waals surface area contributed by atoms with E-state index < -0.39 is 11.9 Å². The van der Waals surface area contributed by atoms with Crippen LogP contribution in [0.2, 0.25) is 0 Å². The molecule has 1 aliphatic rings. The van der Waals surface area contributed by atoms with Gasteiger partial charge in [-0.1, -0.05) is 0 Å². The van der Waals surface area contributed by atoms with E-state index in [1.807, 2.05) is 0 Å². The molecule has 1 aliphatic heterocycles. The molecule has 1 unspecified atom stereocenters. The normalized spacial score (nSPS) is 19.0. The van der Waals surface area contributed by atoms with Crippen LogP contribution in [0, 0.1) is 6.92 Å². The summed E-state index contributed by atoms with van der Waals surface area (Å²) in [5.74, 6) is -0.307. The van der Waals surface area contributed by atoms with Gasteiger partial charge in [0.15, 0.2) is 0 Å². The van der Waals surface area contributed by atoms with Gasteiger partial charge in [0.1, 0.15) is 11.9 Å². The lowest BCUT2D eigenvalue weighted by atomic mass is 10.1. The Labute approximate surface area is 123 Å². The lowest BCUT2D eigenvalue weighted by Gasteiger charge is -2.24. The molecule has 2 amide bonds.